The molecule has 1 saturated heterocycles. The molecule has 2 amide bonds. The maximum absolute atomic E-state index is 13.2. The number of nitrogens with one attached hydrogen (secondary N) is 1. The summed E-state index contributed by atoms with van der Waals surface area (Å²) in [6.07, 6.45) is 0.677. The molecule has 1 N–H and O–H groups in total. The fourth-order valence-corrected chi connectivity index (χ4v) is 4.49. The number of hydrogen-bond acceptors (Lipinski definition) is 4. The fourth-order valence-electron chi connectivity index (χ4n) is 4.49. The highest BCUT2D eigenvalue weighted by atomic mass is 19.1. The van der Waals surface area contributed by atoms with Crippen molar-refractivity contribution in [2.24, 2.45) is 11.8 Å². The monoisotopic (exact) mass is 419 g/mol. The highest BCUT2D eigenvalue weighted by molar-refractivity contribution is 5.94. The molecule has 3 aromatic rings. The molecule has 2 unspecified atom stereocenters. The molecule has 3 heterocycles. The van der Waals surface area contributed by atoms with Gasteiger partial charge in [0.25, 0.3) is 11.8 Å². The number of benzene rings is 2. The highest BCUT2D eigenvalue weighted by Crippen LogP contribution is 2.33. The lowest BCUT2D eigenvalue weighted by molar-refractivity contribution is 0.0782. The van der Waals surface area contributed by atoms with Crippen LogP contribution in [0.4, 0.5) is 4.39 Å². The molecular weight excluding hydrogens is 397 g/mol. The molecule has 8 heteroatoms. The van der Waals surface area contributed by atoms with Crippen LogP contribution in [0.25, 0.3) is 0 Å². The Labute approximate surface area is 178 Å². The topological polar surface area (TPSA) is 80.1 Å². The SMILES string of the molecule is O=C(NCc1ccccc1)c1nnc2n1CC1CN(C(=O)c3ccc(F)cc3)CC1C2. The Kier molecular flexibility index (Phi) is 4.97. The molecule has 2 atom stereocenters. The maximum Gasteiger partial charge on any atom is 0.289 e. The molecule has 5 rings (SSSR count). The molecule has 0 radical (unpaired) electrons. The van der Waals surface area contributed by atoms with Crippen molar-refractivity contribution in [3.63, 3.8) is 0 Å². The smallest absolute Gasteiger partial charge is 0.289 e. The number of hydrogen-bond donors (Lipinski definition) is 1. The van der Waals surface area contributed by atoms with E-state index in [2.05, 4.69) is 15.5 Å². The number of carbonyl (C=O) groups excluding carboxylic acids is 2. The van der Waals surface area contributed by atoms with Gasteiger partial charge in [0.2, 0.25) is 5.82 Å². The summed E-state index contributed by atoms with van der Waals surface area (Å²) in [5, 5.41) is 11.3. The molecule has 1 fully saturated rings. The summed E-state index contributed by atoms with van der Waals surface area (Å²) in [6.45, 7) is 2.26. The molecule has 1 aromatic heterocycles. The van der Waals surface area contributed by atoms with Crippen molar-refractivity contribution in [1.82, 2.24) is 25.0 Å². The second kappa shape index (κ2) is 7.94. The Hall–Kier alpha value is -3.55. The summed E-state index contributed by atoms with van der Waals surface area (Å²) < 4.78 is 15.0. The van der Waals surface area contributed by atoms with Crippen LogP contribution in [0.2, 0.25) is 0 Å². The van der Waals surface area contributed by atoms with Crippen molar-refractivity contribution in [3.05, 3.63) is 83.2 Å². The number of halogens is 1. The molecule has 2 aromatic carbocycles. The Morgan fingerprint density at radius 3 is 2.48 bits per heavy atom. The van der Waals surface area contributed by atoms with E-state index in [1.54, 1.807) is 0 Å². The summed E-state index contributed by atoms with van der Waals surface area (Å²) in [5.41, 5.74) is 1.50. The molecule has 158 valence electrons. The van der Waals surface area contributed by atoms with E-state index in [1.165, 1.54) is 24.3 Å². The van der Waals surface area contributed by atoms with Crippen molar-refractivity contribution in [2.75, 3.05) is 13.1 Å². The van der Waals surface area contributed by atoms with E-state index in [4.69, 9.17) is 0 Å². The van der Waals surface area contributed by atoms with E-state index in [1.807, 2.05) is 39.8 Å². The van der Waals surface area contributed by atoms with Gasteiger partial charge >= 0.3 is 0 Å². The van der Waals surface area contributed by atoms with Gasteiger partial charge in [-0.3, -0.25) is 9.59 Å². The number of rotatable bonds is 4. The Bertz CT molecular complexity index is 1110. The van der Waals surface area contributed by atoms with Gasteiger partial charge in [0.1, 0.15) is 11.6 Å². The summed E-state index contributed by atoms with van der Waals surface area (Å²) >= 11 is 0. The lowest BCUT2D eigenvalue weighted by atomic mass is 9.89. The Morgan fingerprint density at radius 1 is 0.968 bits per heavy atom. The second-order valence-corrected chi connectivity index (χ2v) is 8.16. The second-order valence-electron chi connectivity index (χ2n) is 8.16. The molecule has 0 aliphatic carbocycles. The van der Waals surface area contributed by atoms with Gasteiger partial charge in [-0.2, -0.15) is 0 Å². The predicted octanol–water partition coefficient (Wildman–Crippen LogP) is 2.29. The first kappa shape index (κ1) is 19.4. The first-order valence-corrected chi connectivity index (χ1v) is 10.4. The minimum Gasteiger partial charge on any atom is -0.345 e. The average Bonchev–Trinajstić information content (AvgIpc) is 3.40. The van der Waals surface area contributed by atoms with Crippen molar-refractivity contribution in [2.45, 2.75) is 19.5 Å². The van der Waals surface area contributed by atoms with Crippen LogP contribution in [0, 0.1) is 17.7 Å². The van der Waals surface area contributed by atoms with Crippen LogP contribution in [0.1, 0.15) is 32.4 Å². The molecule has 0 spiro atoms. The summed E-state index contributed by atoms with van der Waals surface area (Å²) in [4.78, 5) is 27.3. The minimum atomic E-state index is -0.359. The number of carbonyl (C=O) groups is 2. The molecule has 0 bridgehead atoms. The first-order valence-electron chi connectivity index (χ1n) is 10.4. The van der Waals surface area contributed by atoms with Crippen LogP contribution in [0.3, 0.4) is 0 Å². The maximum atomic E-state index is 13.2. The van der Waals surface area contributed by atoms with Gasteiger partial charge < -0.3 is 14.8 Å². The third kappa shape index (κ3) is 3.81. The summed E-state index contributed by atoms with van der Waals surface area (Å²) in [6, 6.07) is 15.3. The summed E-state index contributed by atoms with van der Waals surface area (Å²) in [5.74, 6) is 0.900. The van der Waals surface area contributed by atoms with Crippen LogP contribution >= 0.6 is 0 Å². The van der Waals surface area contributed by atoms with E-state index in [0.717, 1.165) is 11.4 Å². The third-order valence-corrected chi connectivity index (χ3v) is 6.14. The van der Waals surface area contributed by atoms with Crippen molar-refractivity contribution in [3.8, 4) is 0 Å². The molecule has 7 nitrogen and oxygen atoms in total. The van der Waals surface area contributed by atoms with Gasteiger partial charge in [-0.1, -0.05) is 30.3 Å². The van der Waals surface area contributed by atoms with E-state index in [0.29, 0.717) is 44.0 Å². The summed E-state index contributed by atoms with van der Waals surface area (Å²) in [7, 11) is 0. The van der Waals surface area contributed by atoms with Gasteiger partial charge in [-0.15, -0.1) is 10.2 Å². The zero-order valence-electron chi connectivity index (χ0n) is 16.9. The van der Waals surface area contributed by atoms with Gasteiger partial charge in [0.05, 0.1) is 0 Å². The Balaban J connectivity index is 1.26. The van der Waals surface area contributed by atoms with E-state index in [-0.39, 0.29) is 29.5 Å². The third-order valence-electron chi connectivity index (χ3n) is 6.14. The zero-order valence-corrected chi connectivity index (χ0v) is 16.9. The van der Waals surface area contributed by atoms with Crippen molar-refractivity contribution >= 4 is 11.8 Å². The Morgan fingerprint density at radius 2 is 1.71 bits per heavy atom. The minimum absolute atomic E-state index is 0.0917. The van der Waals surface area contributed by atoms with Crippen molar-refractivity contribution < 1.29 is 14.0 Å². The lowest BCUT2D eigenvalue weighted by Gasteiger charge is -2.25. The van der Waals surface area contributed by atoms with E-state index < -0.39 is 0 Å². The van der Waals surface area contributed by atoms with Crippen molar-refractivity contribution in [1.29, 1.82) is 0 Å². The lowest BCUT2D eigenvalue weighted by Crippen LogP contribution is -2.33. The van der Waals surface area contributed by atoms with E-state index >= 15 is 0 Å². The van der Waals surface area contributed by atoms with Gasteiger partial charge in [-0.05, 0) is 41.7 Å². The number of likely N-dealkylation sites (tertiary alicyclic amines) is 1. The highest BCUT2D eigenvalue weighted by Gasteiger charge is 2.40. The number of aromatic nitrogens is 3. The standard InChI is InChI=1S/C23H22FN5O2/c24-19-8-6-16(7-9-19)23(31)28-12-17-10-20-26-27-21(29(20)14-18(17)13-28)22(30)25-11-15-4-2-1-3-5-15/h1-9,17-18H,10-14H2,(H,25,30). The number of amides is 2. The normalized spacial score (nSPS) is 19.6. The average molecular weight is 419 g/mol. The molecule has 0 saturated carbocycles. The van der Waals surface area contributed by atoms with Gasteiger partial charge in [-0.25, -0.2) is 4.39 Å². The molecule has 2 aliphatic rings. The fraction of sp³-hybridized carbons (Fsp3) is 0.304. The first-order chi connectivity index (χ1) is 15.1. The molecular formula is C23H22FN5O2. The zero-order chi connectivity index (χ0) is 21.4. The number of nitrogens with zero attached hydrogens (tertiary/aromatic N) is 4. The van der Waals surface area contributed by atoms with Crippen LogP contribution in [0.15, 0.2) is 54.6 Å². The van der Waals surface area contributed by atoms with E-state index in [9.17, 15) is 14.0 Å². The predicted molar refractivity (Wildman–Crippen MR) is 111 cm³/mol. The van der Waals surface area contributed by atoms with Crippen LogP contribution in [-0.4, -0.2) is 44.6 Å². The quantitative estimate of drug-likeness (QED) is 0.704. The van der Waals surface area contributed by atoms with Gasteiger partial charge in [0.15, 0.2) is 0 Å². The van der Waals surface area contributed by atoms with Crippen LogP contribution in [-0.2, 0) is 19.5 Å². The largest absolute Gasteiger partial charge is 0.345 e. The number of fused-ring (bicyclic) bond motifs is 2. The van der Waals surface area contributed by atoms with Crippen LogP contribution < -0.4 is 5.32 Å². The van der Waals surface area contributed by atoms with Gasteiger partial charge in [0, 0.05) is 38.2 Å². The molecule has 31 heavy (non-hydrogen) atoms. The van der Waals surface area contributed by atoms with Crippen LogP contribution in [0.5, 0.6) is 0 Å². The molecule has 2 aliphatic heterocycles.